The molecule has 26 heavy (non-hydrogen) atoms. The standard InChI is InChI=1S/C18H18FN3O4/c1-2-7-22-13-10-21(8-6-14(23)24)17(25)15(13)16(20-18(22)26)11-4-3-5-12(19)9-11/h2-5,9,16H,1,6-8,10H2,(H,20,26)(H,23,24). The predicted octanol–water partition coefficient (Wildman–Crippen LogP) is 1.65. The number of hydrogen-bond donors (Lipinski definition) is 2. The maximum absolute atomic E-state index is 13.6. The van der Waals surface area contributed by atoms with Crippen LogP contribution in [-0.4, -0.2) is 52.4 Å². The zero-order valence-corrected chi connectivity index (χ0v) is 13.9. The number of urea groups is 1. The summed E-state index contributed by atoms with van der Waals surface area (Å²) in [6.45, 7) is 4.00. The van der Waals surface area contributed by atoms with Gasteiger partial charge in [0.25, 0.3) is 5.91 Å². The van der Waals surface area contributed by atoms with Crippen LogP contribution in [0.15, 0.2) is 48.2 Å². The van der Waals surface area contributed by atoms with Crippen molar-refractivity contribution in [1.29, 1.82) is 0 Å². The average molecular weight is 359 g/mol. The molecular formula is C18H18FN3O4. The van der Waals surface area contributed by atoms with Crippen LogP contribution in [0.1, 0.15) is 18.0 Å². The molecule has 2 N–H and O–H groups in total. The maximum Gasteiger partial charge on any atom is 0.322 e. The maximum atomic E-state index is 13.6. The lowest BCUT2D eigenvalue weighted by Crippen LogP contribution is -2.47. The molecule has 0 spiro atoms. The first-order valence-corrected chi connectivity index (χ1v) is 8.11. The summed E-state index contributed by atoms with van der Waals surface area (Å²) in [4.78, 5) is 39.0. The molecule has 2 aliphatic heterocycles. The molecule has 0 fully saturated rings. The van der Waals surface area contributed by atoms with Crippen LogP contribution in [-0.2, 0) is 9.59 Å². The van der Waals surface area contributed by atoms with Crippen LogP contribution in [0.25, 0.3) is 0 Å². The fourth-order valence-corrected chi connectivity index (χ4v) is 3.22. The molecule has 0 saturated heterocycles. The van der Waals surface area contributed by atoms with Gasteiger partial charge in [-0.1, -0.05) is 18.2 Å². The minimum Gasteiger partial charge on any atom is -0.481 e. The van der Waals surface area contributed by atoms with E-state index in [-0.39, 0.29) is 32.0 Å². The van der Waals surface area contributed by atoms with Crippen molar-refractivity contribution >= 4 is 17.9 Å². The highest BCUT2D eigenvalue weighted by Gasteiger charge is 2.43. The molecule has 2 aliphatic rings. The Kier molecular flexibility index (Phi) is 4.75. The molecule has 3 amide bonds. The van der Waals surface area contributed by atoms with Gasteiger partial charge >= 0.3 is 12.0 Å². The molecule has 0 radical (unpaired) electrons. The molecule has 1 aromatic rings. The molecule has 8 heteroatoms. The number of nitrogens with one attached hydrogen (secondary N) is 1. The molecule has 0 aromatic heterocycles. The summed E-state index contributed by atoms with van der Waals surface area (Å²) in [5.74, 6) is -1.84. The summed E-state index contributed by atoms with van der Waals surface area (Å²) in [7, 11) is 0. The smallest absolute Gasteiger partial charge is 0.322 e. The SMILES string of the molecule is C=CCN1C(=O)NC(c2cccc(F)c2)C2=C1CN(CCC(=O)O)C2=O. The van der Waals surface area contributed by atoms with Crippen LogP contribution < -0.4 is 5.32 Å². The number of carboxylic acid groups (broad SMARTS) is 1. The van der Waals surface area contributed by atoms with Crippen LogP contribution in [0.5, 0.6) is 0 Å². The molecule has 0 bridgehead atoms. The first-order chi connectivity index (χ1) is 12.4. The first-order valence-electron chi connectivity index (χ1n) is 8.11. The van der Waals surface area contributed by atoms with Gasteiger partial charge in [-0.3, -0.25) is 14.5 Å². The Labute approximate surface area is 149 Å². The molecule has 1 aromatic carbocycles. The van der Waals surface area contributed by atoms with Gasteiger partial charge in [0.15, 0.2) is 0 Å². The van der Waals surface area contributed by atoms with Gasteiger partial charge in [-0.15, -0.1) is 6.58 Å². The summed E-state index contributed by atoms with van der Waals surface area (Å²) < 4.78 is 13.6. The molecule has 3 rings (SSSR count). The minimum atomic E-state index is -1.01. The van der Waals surface area contributed by atoms with E-state index in [1.165, 1.54) is 34.1 Å². The Bertz CT molecular complexity index is 820. The normalized spacial score (nSPS) is 19.5. The van der Waals surface area contributed by atoms with Crippen molar-refractivity contribution in [1.82, 2.24) is 15.1 Å². The summed E-state index contributed by atoms with van der Waals surface area (Å²) in [6, 6.07) is 4.50. The van der Waals surface area contributed by atoms with Gasteiger partial charge in [0.05, 0.1) is 30.3 Å². The van der Waals surface area contributed by atoms with Crippen molar-refractivity contribution in [3.8, 4) is 0 Å². The van der Waals surface area contributed by atoms with E-state index in [0.29, 0.717) is 16.8 Å². The van der Waals surface area contributed by atoms with Crippen molar-refractivity contribution in [2.75, 3.05) is 19.6 Å². The number of benzene rings is 1. The summed E-state index contributed by atoms with van der Waals surface area (Å²) in [6.07, 6.45) is 1.34. The quantitative estimate of drug-likeness (QED) is 0.756. The number of rotatable bonds is 6. The average Bonchev–Trinajstić information content (AvgIpc) is 2.92. The lowest BCUT2D eigenvalue weighted by molar-refractivity contribution is -0.137. The number of amides is 3. The van der Waals surface area contributed by atoms with Gasteiger partial charge in [-0.2, -0.15) is 0 Å². The van der Waals surface area contributed by atoms with E-state index in [1.807, 2.05) is 0 Å². The van der Waals surface area contributed by atoms with Crippen LogP contribution >= 0.6 is 0 Å². The second-order valence-electron chi connectivity index (χ2n) is 6.07. The third kappa shape index (κ3) is 3.17. The highest BCUT2D eigenvalue weighted by molar-refractivity contribution is 6.01. The van der Waals surface area contributed by atoms with Gasteiger partial charge in [0.1, 0.15) is 5.82 Å². The second kappa shape index (κ2) is 6.99. The number of carbonyl (C=O) groups excluding carboxylic acids is 2. The zero-order valence-electron chi connectivity index (χ0n) is 13.9. The highest BCUT2D eigenvalue weighted by atomic mass is 19.1. The van der Waals surface area contributed by atoms with Crippen LogP contribution in [0.3, 0.4) is 0 Å². The molecular weight excluding hydrogens is 341 g/mol. The van der Waals surface area contributed by atoms with Crippen molar-refractivity contribution in [3.05, 3.63) is 59.6 Å². The van der Waals surface area contributed by atoms with E-state index in [1.54, 1.807) is 6.07 Å². The van der Waals surface area contributed by atoms with Crippen molar-refractivity contribution in [3.63, 3.8) is 0 Å². The molecule has 2 heterocycles. The lowest BCUT2D eigenvalue weighted by atomic mass is 9.95. The first kappa shape index (κ1) is 17.7. The van der Waals surface area contributed by atoms with E-state index in [4.69, 9.17) is 5.11 Å². The number of halogens is 1. The van der Waals surface area contributed by atoms with E-state index >= 15 is 0 Å². The molecule has 136 valence electrons. The van der Waals surface area contributed by atoms with E-state index in [0.717, 1.165) is 0 Å². The van der Waals surface area contributed by atoms with Gasteiger partial charge in [-0.25, -0.2) is 9.18 Å². The van der Waals surface area contributed by atoms with E-state index in [9.17, 15) is 18.8 Å². The summed E-state index contributed by atoms with van der Waals surface area (Å²) in [5, 5.41) is 11.6. The zero-order chi connectivity index (χ0) is 18.8. The second-order valence-corrected chi connectivity index (χ2v) is 6.07. The Morgan fingerprint density at radius 3 is 2.85 bits per heavy atom. The largest absolute Gasteiger partial charge is 0.481 e. The topological polar surface area (TPSA) is 90.0 Å². The number of nitrogens with zero attached hydrogens (tertiary/aromatic N) is 2. The molecule has 7 nitrogen and oxygen atoms in total. The Hall–Kier alpha value is -3.16. The molecule has 1 unspecified atom stereocenters. The lowest BCUT2D eigenvalue weighted by Gasteiger charge is -2.33. The van der Waals surface area contributed by atoms with Crippen molar-refractivity contribution < 1.29 is 23.9 Å². The summed E-state index contributed by atoms with van der Waals surface area (Å²) in [5.41, 5.74) is 1.29. The van der Waals surface area contributed by atoms with Gasteiger partial charge in [-0.05, 0) is 17.7 Å². The van der Waals surface area contributed by atoms with Crippen LogP contribution in [0.4, 0.5) is 9.18 Å². The monoisotopic (exact) mass is 359 g/mol. The minimum absolute atomic E-state index is 0.0349. The fraction of sp³-hybridized carbons (Fsp3) is 0.278. The summed E-state index contributed by atoms with van der Waals surface area (Å²) >= 11 is 0. The van der Waals surface area contributed by atoms with Crippen molar-refractivity contribution in [2.24, 2.45) is 0 Å². The number of aliphatic carboxylic acids is 1. The number of carboxylic acids is 1. The van der Waals surface area contributed by atoms with Gasteiger partial charge in [0.2, 0.25) is 0 Å². The molecule has 0 aliphatic carbocycles. The van der Waals surface area contributed by atoms with Crippen LogP contribution in [0, 0.1) is 5.82 Å². The predicted molar refractivity (Wildman–Crippen MR) is 90.4 cm³/mol. The van der Waals surface area contributed by atoms with Gasteiger partial charge < -0.3 is 15.3 Å². The Balaban J connectivity index is 1.99. The van der Waals surface area contributed by atoms with E-state index in [2.05, 4.69) is 11.9 Å². The Morgan fingerprint density at radius 1 is 1.42 bits per heavy atom. The fourth-order valence-electron chi connectivity index (χ4n) is 3.22. The third-order valence-corrected chi connectivity index (χ3v) is 4.39. The van der Waals surface area contributed by atoms with Crippen LogP contribution in [0.2, 0.25) is 0 Å². The molecule has 1 atom stereocenters. The van der Waals surface area contributed by atoms with Crippen molar-refractivity contribution in [2.45, 2.75) is 12.5 Å². The molecule has 0 saturated carbocycles. The number of carbonyl (C=O) groups is 3. The van der Waals surface area contributed by atoms with E-state index < -0.39 is 23.9 Å². The van der Waals surface area contributed by atoms with Gasteiger partial charge in [0, 0.05) is 13.1 Å². The third-order valence-electron chi connectivity index (χ3n) is 4.39. The highest BCUT2D eigenvalue weighted by Crippen LogP contribution is 2.36. The Morgan fingerprint density at radius 2 is 2.19 bits per heavy atom. The number of hydrogen-bond acceptors (Lipinski definition) is 3.